The Balaban J connectivity index is 0.000000220. The van der Waals surface area contributed by atoms with Gasteiger partial charge in [0.1, 0.15) is 22.9 Å². The van der Waals surface area contributed by atoms with E-state index in [0.29, 0.717) is 30.0 Å². The van der Waals surface area contributed by atoms with Crippen molar-refractivity contribution >= 4 is 29.0 Å². The van der Waals surface area contributed by atoms with Crippen molar-refractivity contribution in [3.8, 4) is 17.2 Å². The Morgan fingerprint density at radius 3 is 2.13 bits per heavy atom. The second-order valence-electron chi connectivity index (χ2n) is 13.4. The van der Waals surface area contributed by atoms with Gasteiger partial charge in [-0.25, -0.2) is 0 Å². The smallest absolute Gasteiger partial charge is 0.312 e. The highest BCUT2D eigenvalue weighted by molar-refractivity contribution is 6.27. The van der Waals surface area contributed by atoms with Crippen molar-refractivity contribution in [1.82, 2.24) is 9.05 Å². The standard InChI is InChI=1S/C16H16O5.C15H13NO3.C10H15NO.ClH/c1-8(2)3-4-10(17)9-7-13(20)14-11(18)5-6-12(19)15(14)16(9)21;17-14(10-4-2-1-3-5-10)13-7-6-12-11(15(18)19)8-9-16(12)13;1-4-11(2,3)9-6-5-7-10(12)8-9;/h3,5-7,10,17-19H,4H2,1-2H3;1-7,11H,8-9H2,(H,18,19);5-8H,4H2,1-3H3;1H/t10-;;;/m0.../s1. The number of quaternary nitrogens is 1. The molecule has 1 aliphatic carbocycles. The van der Waals surface area contributed by atoms with E-state index in [9.17, 15) is 39.6 Å². The maximum absolute atomic E-state index is 12.4. The van der Waals surface area contributed by atoms with Gasteiger partial charge in [0.15, 0.2) is 11.6 Å². The van der Waals surface area contributed by atoms with Crippen LogP contribution in [-0.2, 0) is 11.3 Å². The second kappa shape index (κ2) is 17.8. The number of hydrogen-bond donors (Lipinski definition) is 5. The average molecular weight is 745 g/mol. The van der Waals surface area contributed by atoms with Crippen LogP contribution in [0.25, 0.3) is 0 Å². The predicted octanol–water partition coefficient (Wildman–Crippen LogP) is 3.39. The molecule has 5 N–H and O–H groups in total. The van der Waals surface area contributed by atoms with Gasteiger partial charge in [-0.3, -0.25) is 23.7 Å². The van der Waals surface area contributed by atoms with E-state index in [1.165, 1.54) is 0 Å². The molecular formula is C41H45ClN2O9. The maximum Gasteiger partial charge on any atom is 0.312 e. The Morgan fingerprint density at radius 2 is 1.55 bits per heavy atom. The van der Waals surface area contributed by atoms with Gasteiger partial charge in [-0.2, -0.15) is 0 Å². The third-order valence-electron chi connectivity index (χ3n) is 9.19. The fourth-order valence-electron chi connectivity index (χ4n) is 5.89. The Hall–Kier alpha value is -5.49. The first-order valence-corrected chi connectivity index (χ1v) is 16.9. The van der Waals surface area contributed by atoms with Crippen molar-refractivity contribution in [2.45, 2.75) is 52.2 Å². The lowest BCUT2D eigenvalue weighted by molar-refractivity contribution is -0.138. The number of benzene rings is 3. The molecule has 280 valence electrons. The zero-order valence-corrected chi connectivity index (χ0v) is 31.0. The third-order valence-corrected chi connectivity index (χ3v) is 9.19. The molecule has 2 heterocycles. The normalized spacial score (nSPS) is 14.8. The van der Waals surface area contributed by atoms with Gasteiger partial charge in [0, 0.05) is 29.4 Å². The van der Waals surface area contributed by atoms with E-state index in [1.54, 1.807) is 36.4 Å². The minimum atomic E-state index is -1.13. The van der Waals surface area contributed by atoms with Gasteiger partial charge < -0.3 is 42.5 Å². The molecule has 6 rings (SSSR count). The Morgan fingerprint density at radius 1 is 0.906 bits per heavy atom. The number of aliphatic carboxylic acids is 1. The number of carbonyl (C=O) groups is 4. The van der Waals surface area contributed by atoms with E-state index >= 15 is 0 Å². The van der Waals surface area contributed by atoms with Crippen molar-refractivity contribution < 1.29 is 57.1 Å². The van der Waals surface area contributed by atoms with Crippen molar-refractivity contribution in [2.75, 3.05) is 20.6 Å². The number of carboxylic acids is 1. The van der Waals surface area contributed by atoms with Crippen LogP contribution < -0.4 is 16.9 Å². The van der Waals surface area contributed by atoms with Gasteiger partial charge >= 0.3 is 5.97 Å². The molecule has 1 aromatic heterocycles. The number of aliphatic hydroxyl groups excluding tert-OH is 1. The summed E-state index contributed by atoms with van der Waals surface area (Å²) in [5.41, 5.74) is 3.49. The largest absolute Gasteiger partial charge is 1.00 e. The summed E-state index contributed by atoms with van der Waals surface area (Å²) < 4.78 is 2.63. The molecule has 0 saturated heterocycles. The van der Waals surface area contributed by atoms with Gasteiger partial charge in [0.2, 0.25) is 5.78 Å². The number of phenolic OH excluding ortho intramolecular Hbond substituents is 3. The van der Waals surface area contributed by atoms with Crippen LogP contribution in [0, 0.1) is 0 Å². The Labute approximate surface area is 314 Å². The SMILES string of the molecule is CC(C)=CC[C@H](O)C1=CC(=O)c2c(O)ccc(O)c2C1=O.CC[N+](C)(C)c1cccc(O)c1.O=C(c1ccccc1)c1ccc2n1CCC2C(=O)O.[Cl-]. The summed E-state index contributed by atoms with van der Waals surface area (Å²) in [5.74, 6) is -3.04. The number of phenols is 3. The number of nitrogens with zero attached hydrogens (tertiary/aromatic N) is 2. The zero-order chi connectivity index (χ0) is 38.3. The number of carboxylic acid groups (broad SMARTS) is 1. The molecule has 0 radical (unpaired) electrons. The van der Waals surface area contributed by atoms with Crippen molar-refractivity contribution in [3.63, 3.8) is 0 Å². The van der Waals surface area contributed by atoms with Crippen LogP contribution in [0.4, 0.5) is 5.69 Å². The van der Waals surface area contributed by atoms with Crippen LogP contribution in [0.3, 0.4) is 0 Å². The van der Waals surface area contributed by atoms with E-state index in [0.717, 1.165) is 46.2 Å². The van der Waals surface area contributed by atoms with E-state index in [-0.39, 0.29) is 52.8 Å². The first-order chi connectivity index (χ1) is 24.6. The van der Waals surface area contributed by atoms with Gasteiger partial charge in [0.25, 0.3) is 0 Å². The summed E-state index contributed by atoms with van der Waals surface area (Å²) in [5, 5.41) is 47.9. The van der Waals surface area contributed by atoms with Crippen molar-refractivity contribution in [2.24, 2.45) is 0 Å². The molecule has 53 heavy (non-hydrogen) atoms. The van der Waals surface area contributed by atoms with E-state index in [4.69, 9.17) is 5.11 Å². The molecule has 0 spiro atoms. The summed E-state index contributed by atoms with van der Waals surface area (Å²) >= 11 is 0. The molecule has 1 aliphatic heterocycles. The highest BCUT2D eigenvalue weighted by atomic mass is 35.5. The molecule has 12 heteroatoms. The molecular weight excluding hydrogens is 700 g/mol. The topological polar surface area (TPSA) is 174 Å². The lowest BCUT2D eigenvalue weighted by atomic mass is 9.85. The molecule has 3 aromatic carbocycles. The molecule has 0 saturated carbocycles. The monoisotopic (exact) mass is 744 g/mol. The first kappa shape index (κ1) is 41.9. The van der Waals surface area contributed by atoms with Crippen LogP contribution in [-0.4, -0.2) is 80.2 Å². The van der Waals surface area contributed by atoms with Gasteiger partial charge in [0.05, 0.1) is 49.5 Å². The number of aromatic hydroxyl groups is 3. The first-order valence-electron chi connectivity index (χ1n) is 16.9. The second-order valence-corrected chi connectivity index (χ2v) is 13.4. The number of rotatable bonds is 8. The van der Waals surface area contributed by atoms with Crippen LogP contribution in [0.1, 0.15) is 82.0 Å². The summed E-state index contributed by atoms with van der Waals surface area (Å²) in [4.78, 5) is 47.9. The summed E-state index contributed by atoms with van der Waals surface area (Å²) in [6.45, 7) is 7.45. The number of hydrogen-bond acceptors (Lipinski definition) is 8. The summed E-state index contributed by atoms with van der Waals surface area (Å²) in [7, 11) is 4.24. The molecule has 4 aromatic rings. The van der Waals surface area contributed by atoms with Gasteiger partial charge in [-0.1, -0.05) is 48.0 Å². The number of aliphatic hydroxyl groups is 1. The predicted molar refractivity (Wildman–Crippen MR) is 198 cm³/mol. The highest BCUT2D eigenvalue weighted by Gasteiger charge is 2.34. The number of Topliss-reactive ketones (excluding diaryl/α,β-unsaturated/α-hetero) is 1. The lowest BCUT2D eigenvalue weighted by Crippen LogP contribution is -3.00. The van der Waals surface area contributed by atoms with Crippen LogP contribution in [0.15, 0.2) is 102 Å². The van der Waals surface area contributed by atoms with E-state index < -0.39 is 29.6 Å². The zero-order valence-electron chi connectivity index (χ0n) is 30.3. The number of carbonyl (C=O) groups excluding carboxylic acids is 3. The lowest BCUT2D eigenvalue weighted by Gasteiger charge is -2.27. The van der Waals surface area contributed by atoms with E-state index in [1.807, 2.05) is 54.8 Å². The highest BCUT2D eigenvalue weighted by Crippen LogP contribution is 2.36. The summed E-state index contributed by atoms with van der Waals surface area (Å²) in [6, 6.07) is 22.2. The quantitative estimate of drug-likeness (QED) is 0.0785. The fourth-order valence-corrected chi connectivity index (χ4v) is 5.89. The molecule has 1 unspecified atom stereocenters. The average Bonchev–Trinajstić information content (AvgIpc) is 3.73. The molecule has 11 nitrogen and oxygen atoms in total. The molecule has 2 aliphatic rings. The summed E-state index contributed by atoms with van der Waals surface area (Å²) in [6.07, 6.45) is 2.39. The molecule has 0 amide bonds. The third kappa shape index (κ3) is 9.69. The van der Waals surface area contributed by atoms with Gasteiger partial charge in [-0.15, -0.1) is 0 Å². The number of ketones is 3. The maximum atomic E-state index is 12.4. The minimum Gasteiger partial charge on any atom is -1.00 e. The molecule has 2 atom stereocenters. The number of halogens is 1. The number of fused-ring (bicyclic) bond motifs is 2. The van der Waals surface area contributed by atoms with E-state index in [2.05, 4.69) is 21.0 Å². The van der Waals surface area contributed by atoms with Crippen LogP contribution in [0.5, 0.6) is 17.2 Å². The van der Waals surface area contributed by atoms with Crippen molar-refractivity contribution in [1.29, 1.82) is 0 Å². The number of allylic oxidation sites excluding steroid dienone is 2. The van der Waals surface area contributed by atoms with Gasteiger partial charge in [-0.05, 0) is 76.1 Å². The fraction of sp³-hybridized carbons (Fsp3) is 0.268. The number of aromatic nitrogens is 1. The Kier molecular flexibility index (Phi) is 14.1. The minimum absolute atomic E-state index is 0. The molecule has 0 bridgehead atoms. The van der Waals surface area contributed by atoms with Crippen LogP contribution >= 0.6 is 0 Å². The molecule has 0 fully saturated rings. The van der Waals surface area contributed by atoms with Crippen molar-refractivity contribution in [3.05, 3.63) is 130 Å². The van der Waals surface area contributed by atoms with Crippen LogP contribution in [0.2, 0.25) is 0 Å². The Bertz CT molecular complexity index is 2040.